The van der Waals surface area contributed by atoms with E-state index in [0.717, 1.165) is 36.4 Å². The summed E-state index contributed by atoms with van der Waals surface area (Å²) in [5, 5.41) is 16.4. The second-order valence-corrected chi connectivity index (χ2v) is 13.2. The highest BCUT2D eigenvalue weighted by molar-refractivity contribution is 6.02. The Morgan fingerprint density at radius 1 is 0.617 bits per heavy atom. The summed E-state index contributed by atoms with van der Waals surface area (Å²) in [6, 6.07) is 7.39. The molecule has 2 aromatic carbocycles. The summed E-state index contributed by atoms with van der Waals surface area (Å²) in [5.41, 5.74) is -2.57. The molecule has 2 atom stereocenters. The largest absolute Gasteiger partial charge is 0.433 e. The van der Waals surface area contributed by atoms with E-state index in [2.05, 4.69) is 41.4 Å². The number of anilines is 2. The molecule has 0 spiro atoms. The molecule has 60 heavy (non-hydrogen) atoms. The summed E-state index contributed by atoms with van der Waals surface area (Å²) in [6.07, 6.45) is -9.27. The number of halogens is 10. The van der Waals surface area contributed by atoms with Crippen LogP contribution >= 0.6 is 0 Å². The van der Waals surface area contributed by atoms with Crippen LogP contribution < -0.4 is 21.3 Å². The highest BCUT2D eigenvalue weighted by atomic mass is 19.4. The summed E-state index contributed by atoms with van der Waals surface area (Å²) >= 11 is 0. The topological polar surface area (TPSA) is 177 Å². The van der Waals surface area contributed by atoms with Gasteiger partial charge in [-0.25, -0.2) is 36.6 Å². The molecule has 0 bridgehead atoms. The molecule has 4 amide bonds. The SMILES string of the molecule is O=C(N[C@H]1CCc2cc(F)cc(F)c2NC1=O)c1nc2cccc(C(F)(F)F)n2n1.O=C(N[C@H]1CCc2cc(F)cc(F)c2NC1=O)c1nc2cccc(C(F)(F)F)n2n1. The number of hydrogen-bond acceptors (Lipinski definition) is 8. The van der Waals surface area contributed by atoms with E-state index in [0.29, 0.717) is 21.2 Å². The summed E-state index contributed by atoms with van der Waals surface area (Å²) in [4.78, 5) is 57.1. The lowest BCUT2D eigenvalue weighted by molar-refractivity contribution is -0.143. The number of benzene rings is 2. The van der Waals surface area contributed by atoms with Crippen LogP contribution in [0.4, 0.5) is 55.3 Å². The quantitative estimate of drug-likeness (QED) is 0.170. The first-order valence-electron chi connectivity index (χ1n) is 17.3. The number of aromatic nitrogens is 6. The standard InChI is InChI=1S/2C18H12F5N5O2/c2*19-9-6-8-4-5-11(16(29)26-14(8)10(20)7-9)24-17(30)15-25-13-3-1-2-12(18(21,22)23)28(13)27-15/h2*1-3,6-7,11H,4-5H2,(H,24,30)(H,26,29)/t2*11-/m00/s1. The molecule has 0 saturated heterocycles. The third-order valence-electron chi connectivity index (χ3n) is 9.12. The van der Waals surface area contributed by atoms with Crippen molar-refractivity contribution in [1.82, 2.24) is 39.8 Å². The molecule has 0 saturated carbocycles. The molecular formula is C36H24F10N10O4. The van der Waals surface area contributed by atoms with Crippen molar-refractivity contribution in [2.24, 2.45) is 0 Å². The van der Waals surface area contributed by atoms with Gasteiger partial charge in [0, 0.05) is 12.1 Å². The van der Waals surface area contributed by atoms with Gasteiger partial charge in [-0.3, -0.25) is 19.2 Å². The van der Waals surface area contributed by atoms with Crippen LogP contribution in [0.25, 0.3) is 11.3 Å². The highest BCUT2D eigenvalue weighted by Gasteiger charge is 2.37. The van der Waals surface area contributed by atoms with E-state index < -0.39 is 94.4 Å². The first-order valence-corrected chi connectivity index (χ1v) is 17.3. The Morgan fingerprint density at radius 3 is 1.37 bits per heavy atom. The third-order valence-corrected chi connectivity index (χ3v) is 9.12. The van der Waals surface area contributed by atoms with Gasteiger partial charge in [0.15, 0.2) is 11.3 Å². The number of rotatable bonds is 4. The van der Waals surface area contributed by atoms with E-state index in [4.69, 9.17) is 0 Å². The molecule has 4 aromatic heterocycles. The molecule has 0 fully saturated rings. The predicted molar refractivity (Wildman–Crippen MR) is 185 cm³/mol. The van der Waals surface area contributed by atoms with Crippen LogP contribution in [-0.2, 0) is 34.8 Å². The van der Waals surface area contributed by atoms with Crippen LogP contribution in [0.3, 0.4) is 0 Å². The zero-order valence-electron chi connectivity index (χ0n) is 29.9. The molecule has 312 valence electrons. The molecule has 6 heterocycles. The van der Waals surface area contributed by atoms with Crippen LogP contribution in [0.5, 0.6) is 0 Å². The Hall–Kier alpha value is -7.14. The van der Waals surface area contributed by atoms with Gasteiger partial charge in [0.2, 0.25) is 23.5 Å². The maximum absolute atomic E-state index is 13.9. The molecule has 6 aromatic rings. The van der Waals surface area contributed by atoms with Crippen molar-refractivity contribution >= 4 is 46.3 Å². The van der Waals surface area contributed by atoms with Crippen molar-refractivity contribution in [2.75, 3.05) is 10.6 Å². The predicted octanol–water partition coefficient (Wildman–Crippen LogP) is 5.42. The van der Waals surface area contributed by atoms with E-state index in [1.807, 2.05) is 0 Å². The van der Waals surface area contributed by atoms with Crippen molar-refractivity contribution in [1.29, 1.82) is 0 Å². The number of carbonyl (C=O) groups excluding carboxylic acids is 4. The first kappa shape index (κ1) is 41.0. The maximum atomic E-state index is 13.9. The second-order valence-electron chi connectivity index (χ2n) is 13.2. The van der Waals surface area contributed by atoms with Crippen LogP contribution in [0.1, 0.15) is 56.6 Å². The smallest absolute Gasteiger partial charge is 0.337 e. The zero-order valence-corrected chi connectivity index (χ0v) is 29.9. The van der Waals surface area contributed by atoms with Crippen LogP contribution in [-0.4, -0.2) is 64.9 Å². The fourth-order valence-electron chi connectivity index (χ4n) is 6.36. The van der Waals surface area contributed by atoms with Gasteiger partial charge in [-0.1, -0.05) is 12.1 Å². The van der Waals surface area contributed by atoms with E-state index in [1.54, 1.807) is 0 Å². The summed E-state index contributed by atoms with van der Waals surface area (Å²) in [6.45, 7) is 0. The lowest BCUT2D eigenvalue weighted by Crippen LogP contribution is -2.43. The first-order chi connectivity index (χ1) is 28.3. The Balaban J connectivity index is 0.000000181. The van der Waals surface area contributed by atoms with E-state index in [9.17, 15) is 63.1 Å². The number of fused-ring (bicyclic) bond motifs is 4. The lowest BCUT2D eigenvalue weighted by Gasteiger charge is -2.14. The number of aryl methyl sites for hydroxylation is 2. The number of nitrogens with zero attached hydrogens (tertiary/aromatic N) is 6. The Bertz CT molecular complexity index is 2530. The average molecular weight is 851 g/mol. The normalized spacial score (nSPS) is 16.7. The van der Waals surface area contributed by atoms with E-state index in [1.165, 1.54) is 12.1 Å². The van der Waals surface area contributed by atoms with Crippen molar-refractivity contribution in [3.05, 3.63) is 118 Å². The van der Waals surface area contributed by atoms with Gasteiger partial charge in [-0.05, 0) is 73.2 Å². The molecule has 24 heteroatoms. The minimum atomic E-state index is -4.72. The van der Waals surface area contributed by atoms with Gasteiger partial charge in [-0.2, -0.15) is 26.3 Å². The van der Waals surface area contributed by atoms with Crippen molar-refractivity contribution in [3.63, 3.8) is 0 Å². The minimum absolute atomic E-state index is 0.00857. The molecule has 0 unspecified atom stereocenters. The molecule has 2 aliphatic rings. The molecule has 14 nitrogen and oxygen atoms in total. The number of pyridine rings is 2. The molecule has 4 N–H and O–H groups in total. The fraction of sp³-hybridized carbons (Fsp3) is 0.222. The number of amides is 4. The maximum Gasteiger partial charge on any atom is 0.433 e. The van der Waals surface area contributed by atoms with Gasteiger partial charge in [0.1, 0.15) is 46.7 Å². The van der Waals surface area contributed by atoms with Gasteiger partial charge in [0.05, 0.1) is 11.4 Å². The third kappa shape index (κ3) is 8.38. The van der Waals surface area contributed by atoms with E-state index >= 15 is 0 Å². The molecule has 2 aliphatic heterocycles. The fourth-order valence-corrected chi connectivity index (χ4v) is 6.36. The number of carbonyl (C=O) groups is 4. The van der Waals surface area contributed by atoms with Crippen molar-refractivity contribution in [3.8, 4) is 0 Å². The van der Waals surface area contributed by atoms with Gasteiger partial charge < -0.3 is 21.3 Å². The van der Waals surface area contributed by atoms with Crippen LogP contribution in [0.2, 0.25) is 0 Å². The number of hydrogen-bond donors (Lipinski definition) is 4. The lowest BCUT2D eigenvalue weighted by atomic mass is 10.1. The Kier molecular flexibility index (Phi) is 10.6. The average Bonchev–Trinajstić information content (AvgIpc) is 3.74. The minimum Gasteiger partial charge on any atom is -0.337 e. The van der Waals surface area contributed by atoms with Gasteiger partial charge >= 0.3 is 12.4 Å². The van der Waals surface area contributed by atoms with Crippen molar-refractivity contribution < 1.29 is 63.1 Å². The summed E-state index contributed by atoms with van der Waals surface area (Å²) in [5.74, 6) is -8.14. The summed E-state index contributed by atoms with van der Waals surface area (Å²) in [7, 11) is 0. The molecule has 0 radical (unpaired) electrons. The number of nitrogens with one attached hydrogen (secondary N) is 4. The Morgan fingerprint density at radius 2 is 1.00 bits per heavy atom. The monoisotopic (exact) mass is 850 g/mol. The molecule has 8 rings (SSSR count). The van der Waals surface area contributed by atoms with Crippen molar-refractivity contribution in [2.45, 2.75) is 50.1 Å². The molecule has 0 aliphatic carbocycles. The Labute approximate surface area is 328 Å². The zero-order chi connectivity index (χ0) is 43.3. The van der Waals surface area contributed by atoms with E-state index in [-0.39, 0.29) is 59.5 Å². The summed E-state index contributed by atoms with van der Waals surface area (Å²) < 4.78 is 134. The number of alkyl halides is 6. The highest BCUT2D eigenvalue weighted by Crippen LogP contribution is 2.31. The second kappa shape index (κ2) is 15.6. The molecular weight excluding hydrogens is 826 g/mol. The van der Waals surface area contributed by atoms with Crippen LogP contribution in [0, 0.1) is 23.3 Å². The van der Waals surface area contributed by atoms with Gasteiger partial charge in [0.25, 0.3) is 11.8 Å². The van der Waals surface area contributed by atoms with Crippen LogP contribution in [0.15, 0.2) is 60.7 Å². The van der Waals surface area contributed by atoms with Gasteiger partial charge in [-0.15, -0.1) is 10.2 Å².